The average molecular weight is 417 g/mol. The predicted molar refractivity (Wildman–Crippen MR) is 119 cm³/mol. The first-order chi connectivity index (χ1) is 15.1. The van der Waals surface area contributed by atoms with E-state index in [1.165, 1.54) is 12.1 Å². The number of carbonyl (C=O) groups excluding carboxylic acids is 1. The van der Waals surface area contributed by atoms with E-state index >= 15 is 0 Å². The van der Waals surface area contributed by atoms with Crippen molar-refractivity contribution in [3.63, 3.8) is 0 Å². The molecule has 5 rings (SSSR count). The highest BCUT2D eigenvalue weighted by atomic mass is 19.1. The lowest BCUT2D eigenvalue weighted by atomic mass is 9.85. The lowest BCUT2D eigenvalue weighted by molar-refractivity contribution is -0.125. The van der Waals surface area contributed by atoms with Crippen LogP contribution in [-0.4, -0.2) is 41.1 Å². The van der Waals surface area contributed by atoms with E-state index in [0.29, 0.717) is 6.67 Å². The minimum absolute atomic E-state index is 0.0701. The predicted octanol–water partition coefficient (Wildman–Crippen LogP) is 3.82. The SMILES string of the molecule is O=C1NCN(c2ccc(F)cc2)C12CCN(Cc1cccc(-c3ccccc3)n1)CC2. The number of pyridine rings is 1. The molecule has 2 saturated heterocycles. The Morgan fingerprint density at radius 1 is 0.935 bits per heavy atom. The summed E-state index contributed by atoms with van der Waals surface area (Å²) in [4.78, 5) is 22.1. The fourth-order valence-electron chi connectivity index (χ4n) is 4.69. The summed E-state index contributed by atoms with van der Waals surface area (Å²) < 4.78 is 13.4. The van der Waals surface area contributed by atoms with E-state index in [-0.39, 0.29) is 11.7 Å². The van der Waals surface area contributed by atoms with Crippen LogP contribution in [0.3, 0.4) is 0 Å². The Labute approximate surface area is 181 Å². The highest BCUT2D eigenvalue weighted by molar-refractivity contribution is 5.93. The largest absolute Gasteiger partial charge is 0.339 e. The standard InChI is InChI=1S/C25H25FN4O/c26-20-9-11-22(12-10-20)30-18-27-24(31)25(30)13-15-29(16-14-25)17-21-7-4-8-23(28-21)19-5-2-1-3-6-19/h1-12H,13-18H2,(H,27,31). The lowest BCUT2D eigenvalue weighted by Crippen LogP contribution is -2.56. The molecule has 0 unspecified atom stereocenters. The fraction of sp³-hybridized carbons (Fsp3) is 0.280. The van der Waals surface area contributed by atoms with Crippen molar-refractivity contribution in [1.82, 2.24) is 15.2 Å². The number of hydrogen-bond acceptors (Lipinski definition) is 4. The molecule has 1 N–H and O–H groups in total. The first-order valence-electron chi connectivity index (χ1n) is 10.7. The Morgan fingerprint density at radius 3 is 2.42 bits per heavy atom. The minimum atomic E-state index is -0.562. The third kappa shape index (κ3) is 3.79. The zero-order valence-electron chi connectivity index (χ0n) is 17.3. The molecule has 1 aromatic heterocycles. The van der Waals surface area contributed by atoms with Crippen LogP contribution in [0.2, 0.25) is 0 Å². The molecule has 3 aromatic rings. The van der Waals surface area contributed by atoms with Crippen LogP contribution in [0.15, 0.2) is 72.8 Å². The van der Waals surface area contributed by atoms with Crippen molar-refractivity contribution in [2.75, 3.05) is 24.7 Å². The molecular formula is C25H25FN4O. The summed E-state index contributed by atoms with van der Waals surface area (Å²) in [5, 5.41) is 3.00. The number of halogens is 1. The van der Waals surface area contributed by atoms with Crippen LogP contribution in [0.25, 0.3) is 11.3 Å². The summed E-state index contributed by atoms with van der Waals surface area (Å²) >= 11 is 0. The quantitative estimate of drug-likeness (QED) is 0.703. The van der Waals surface area contributed by atoms with Gasteiger partial charge in [0.25, 0.3) is 0 Å². The molecule has 2 fully saturated rings. The minimum Gasteiger partial charge on any atom is -0.339 e. The molecule has 158 valence electrons. The van der Waals surface area contributed by atoms with Crippen LogP contribution in [-0.2, 0) is 11.3 Å². The van der Waals surface area contributed by atoms with Gasteiger partial charge in [-0.25, -0.2) is 4.39 Å². The smallest absolute Gasteiger partial charge is 0.247 e. The molecule has 2 aliphatic rings. The van der Waals surface area contributed by atoms with Gasteiger partial charge in [0.15, 0.2) is 0 Å². The van der Waals surface area contributed by atoms with E-state index in [1.807, 2.05) is 24.3 Å². The molecule has 2 aromatic carbocycles. The monoisotopic (exact) mass is 416 g/mol. The molecule has 0 saturated carbocycles. The van der Waals surface area contributed by atoms with Crippen LogP contribution in [0.1, 0.15) is 18.5 Å². The van der Waals surface area contributed by atoms with Crippen molar-refractivity contribution >= 4 is 11.6 Å². The average Bonchev–Trinajstić information content (AvgIpc) is 3.12. The molecule has 0 bridgehead atoms. The van der Waals surface area contributed by atoms with Crippen molar-refractivity contribution < 1.29 is 9.18 Å². The number of carbonyl (C=O) groups is 1. The topological polar surface area (TPSA) is 48.5 Å². The van der Waals surface area contributed by atoms with Gasteiger partial charge in [-0.2, -0.15) is 0 Å². The summed E-state index contributed by atoms with van der Waals surface area (Å²) in [6, 6.07) is 22.7. The second-order valence-corrected chi connectivity index (χ2v) is 8.26. The summed E-state index contributed by atoms with van der Waals surface area (Å²) in [5.74, 6) is -0.197. The Hall–Kier alpha value is -3.25. The number of amides is 1. The van der Waals surface area contributed by atoms with E-state index in [9.17, 15) is 9.18 Å². The second kappa shape index (κ2) is 8.12. The number of aromatic nitrogens is 1. The molecule has 6 heteroatoms. The maximum absolute atomic E-state index is 13.4. The van der Waals surface area contributed by atoms with E-state index in [2.05, 4.69) is 39.4 Å². The second-order valence-electron chi connectivity index (χ2n) is 8.26. The van der Waals surface area contributed by atoms with Gasteiger partial charge in [0.1, 0.15) is 11.4 Å². The van der Waals surface area contributed by atoms with Gasteiger partial charge in [0.2, 0.25) is 5.91 Å². The van der Waals surface area contributed by atoms with Crippen molar-refractivity contribution in [3.05, 3.63) is 84.3 Å². The van der Waals surface area contributed by atoms with Gasteiger partial charge >= 0.3 is 0 Å². The van der Waals surface area contributed by atoms with Gasteiger partial charge in [0, 0.05) is 30.9 Å². The maximum atomic E-state index is 13.4. The van der Waals surface area contributed by atoms with Crippen molar-refractivity contribution in [2.45, 2.75) is 24.9 Å². The Bertz CT molecular complexity index is 1060. The van der Waals surface area contributed by atoms with Gasteiger partial charge in [-0.1, -0.05) is 36.4 Å². The third-order valence-electron chi connectivity index (χ3n) is 6.42. The third-order valence-corrected chi connectivity index (χ3v) is 6.42. The number of benzene rings is 2. The van der Waals surface area contributed by atoms with Gasteiger partial charge in [-0.15, -0.1) is 0 Å². The Kier molecular flexibility index (Phi) is 5.16. The molecule has 1 amide bonds. The van der Waals surface area contributed by atoms with Crippen LogP contribution >= 0.6 is 0 Å². The molecular weight excluding hydrogens is 391 g/mol. The number of rotatable bonds is 4. The normalized spacial score (nSPS) is 18.4. The van der Waals surface area contributed by atoms with E-state index < -0.39 is 5.54 Å². The first-order valence-corrected chi connectivity index (χ1v) is 10.7. The van der Waals surface area contributed by atoms with Crippen LogP contribution < -0.4 is 10.2 Å². The van der Waals surface area contributed by atoms with Gasteiger partial charge in [0.05, 0.1) is 18.1 Å². The zero-order valence-corrected chi connectivity index (χ0v) is 17.3. The Balaban J connectivity index is 1.29. The molecule has 2 aliphatic heterocycles. The van der Waals surface area contributed by atoms with E-state index in [0.717, 1.165) is 55.1 Å². The van der Waals surface area contributed by atoms with Crippen LogP contribution in [0.5, 0.6) is 0 Å². The molecule has 0 radical (unpaired) electrons. The molecule has 0 atom stereocenters. The molecule has 5 nitrogen and oxygen atoms in total. The summed E-state index contributed by atoms with van der Waals surface area (Å²) in [5.41, 5.74) is 3.44. The van der Waals surface area contributed by atoms with Crippen molar-refractivity contribution in [3.8, 4) is 11.3 Å². The van der Waals surface area contributed by atoms with Gasteiger partial charge in [-0.3, -0.25) is 14.7 Å². The number of hydrogen-bond donors (Lipinski definition) is 1. The number of likely N-dealkylation sites (tertiary alicyclic amines) is 1. The van der Waals surface area contributed by atoms with Crippen LogP contribution in [0.4, 0.5) is 10.1 Å². The summed E-state index contributed by atoms with van der Waals surface area (Å²) in [6.07, 6.45) is 1.46. The first kappa shape index (κ1) is 19.7. The van der Waals surface area contributed by atoms with Gasteiger partial charge < -0.3 is 10.2 Å². The number of anilines is 1. The molecule has 3 heterocycles. The number of nitrogens with zero attached hydrogens (tertiary/aromatic N) is 3. The highest BCUT2D eigenvalue weighted by Crippen LogP contribution is 2.36. The zero-order chi connectivity index (χ0) is 21.3. The summed E-state index contributed by atoms with van der Waals surface area (Å²) in [7, 11) is 0. The van der Waals surface area contributed by atoms with E-state index in [1.54, 1.807) is 12.1 Å². The van der Waals surface area contributed by atoms with Gasteiger partial charge in [-0.05, 0) is 49.2 Å². The number of piperidine rings is 1. The highest BCUT2D eigenvalue weighted by Gasteiger charge is 2.50. The van der Waals surface area contributed by atoms with E-state index in [4.69, 9.17) is 4.98 Å². The molecule has 0 aliphatic carbocycles. The van der Waals surface area contributed by atoms with Crippen LogP contribution in [0, 0.1) is 5.82 Å². The molecule has 31 heavy (non-hydrogen) atoms. The van der Waals surface area contributed by atoms with Crippen molar-refractivity contribution in [1.29, 1.82) is 0 Å². The Morgan fingerprint density at radius 2 is 1.68 bits per heavy atom. The lowest BCUT2D eigenvalue weighted by Gasteiger charge is -2.43. The van der Waals surface area contributed by atoms with Crippen molar-refractivity contribution in [2.24, 2.45) is 0 Å². The maximum Gasteiger partial charge on any atom is 0.247 e. The fourth-order valence-corrected chi connectivity index (χ4v) is 4.69. The number of nitrogens with one attached hydrogen (secondary N) is 1. The summed E-state index contributed by atoms with van der Waals surface area (Å²) in [6.45, 7) is 2.84. The molecule has 1 spiro atoms.